The predicted octanol–water partition coefficient (Wildman–Crippen LogP) is 2.55. The van der Waals surface area contributed by atoms with Gasteiger partial charge in [0.15, 0.2) is 0 Å². The summed E-state index contributed by atoms with van der Waals surface area (Å²) < 4.78 is 2.31. The van der Waals surface area contributed by atoms with Crippen LogP contribution in [0.2, 0.25) is 0 Å². The van der Waals surface area contributed by atoms with E-state index in [2.05, 4.69) is 67.9 Å². The summed E-state index contributed by atoms with van der Waals surface area (Å²) in [5, 5.41) is 19.0. The third-order valence-corrected chi connectivity index (χ3v) is 9.01. The molecule has 8 nitrogen and oxygen atoms in total. The quantitative estimate of drug-likeness (QED) is 0.615. The minimum absolute atomic E-state index is 0.499. The summed E-state index contributed by atoms with van der Waals surface area (Å²) in [6, 6.07) is 13.2. The van der Waals surface area contributed by atoms with Gasteiger partial charge in [-0.1, -0.05) is 0 Å². The first-order valence-electron chi connectivity index (χ1n) is 13.4. The second kappa shape index (κ2) is 8.55. The van der Waals surface area contributed by atoms with Gasteiger partial charge in [0.25, 0.3) is 0 Å². The molecule has 0 aliphatic carbocycles. The number of nitriles is 1. The van der Waals surface area contributed by atoms with Gasteiger partial charge < -0.3 is 10.2 Å². The van der Waals surface area contributed by atoms with Crippen LogP contribution in [-0.2, 0) is 13.0 Å². The maximum absolute atomic E-state index is 9.54. The molecule has 4 aliphatic rings. The summed E-state index contributed by atoms with van der Waals surface area (Å²) in [5.74, 6) is 0. The van der Waals surface area contributed by atoms with Crippen LogP contribution in [0, 0.1) is 11.3 Å². The van der Waals surface area contributed by atoms with Crippen molar-refractivity contribution < 1.29 is 0 Å². The van der Waals surface area contributed by atoms with Gasteiger partial charge in [-0.3, -0.25) is 19.5 Å². The van der Waals surface area contributed by atoms with E-state index < -0.39 is 0 Å². The SMILES string of the molecule is C[C@@H]1Cc2cnn(C3CN([C@H]4C[C@H]5CN(c6ccc(C#N)c7ncccc67)C[C@@H](C)N5C4)C3)c2CN1. The van der Waals surface area contributed by atoms with Crippen molar-refractivity contribution in [1.82, 2.24) is 29.9 Å². The summed E-state index contributed by atoms with van der Waals surface area (Å²) in [6.45, 7) is 11.0. The van der Waals surface area contributed by atoms with Gasteiger partial charge in [0.1, 0.15) is 6.07 Å². The van der Waals surface area contributed by atoms with Crippen LogP contribution in [0.4, 0.5) is 5.69 Å². The van der Waals surface area contributed by atoms with E-state index in [9.17, 15) is 5.26 Å². The van der Waals surface area contributed by atoms with E-state index in [0.717, 1.165) is 50.0 Å². The number of anilines is 1. The summed E-state index contributed by atoms with van der Waals surface area (Å²) in [4.78, 5) is 12.5. The highest BCUT2D eigenvalue weighted by Crippen LogP contribution is 2.37. The molecule has 0 radical (unpaired) electrons. The maximum Gasteiger partial charge on any atom is 0.101 e. The second-order valence-electron chi connectivity index (χ2n) is 11.3. The molecule has 0 amide bonds. The van der Waals surface area contributed by atoms with Crippen LogP contribution >= 0.6 is 0 Å². The second-order valence-corrected chi connectivity index (χ2v) is 11.3. The van der Waals surface area contributed by atoms with Crippen LogP contribution in [0.15, 0.2) is 36.7 Å². The highest BCUT2D eigenvalue weighted by Gasteiger charge is 2.45. The molecule has 2 aromatic heterocycles. The zero-order valence-corrected chi connectivity index (χ0v) is 21.1. The zero-order valence-electron chi connectivity index (χ0n) is 21.1. The predicted molar refractivity (Wildman–Crippen MR) is 140 cm³/mol. The normalized spacial score (nSPS) is 29.1. The first-order valence-corrected chi connectivity index (χ1v) is 13.4. The average Bonchev–Trinajstić information content (AvgIpc) is 3.47. The van der Waals surface area contributed by atoms with Crippen molar-refractivity contribution in [1.29, 1.82) is 5.26 Å². The smallest absolute Gasteiger partial charge is 0.101 e. The Balaban J connectivity index is 1.04. The average molecular weight is 483 g/mol. The number of benzene rings is 1. The minimum atomic E-state index is 0.499. The van der Waals surface area contributed by atoms with Crippen molar-refractivity contribution in [2.75, 3.05) is 37.6 Å². The molecule has 1 aromatic carbocycles. The topological polar surface area (TPSA) is 76.2 Å². The van der Waals surface area contributed by atoms with Gasteiger partial charge in [-0.05, 0) is 56.5 Å². The van der Waals surface area contributed by atoms with E-state index >= 15 is 0 Å². The lowest BCUT2D eigenvalue weighted by Crippen LogP contribution is -2.56. The van der Waals surface area contributed by atoms with Crippen molar-refractivity contribution >= 4 is 16.6 Å². The Morgan fingerprint density at radius 2 is 1.92 bits per heavy atom. The van der Waals surface area contributed by atoms with E-state index in [1.165, 1.54) is 29.9 Å². The Labute approximate surface area is 212 Å². The molecule has 6 heterocycles. The van der Waals surface area contributed by atoms with Gasteiger partial charge in [0, 0.05) is 80.7 Å². The highest BCUT2D eigenvalue weighted by molar-refractivity contribution is 5.95. The maximum atomic E-state index is 9.54. The van der Waals surface area contributed by atoms with Gasteiger partial charge in [-0.2, -0.15) is 10.4 Å². The standard InChI is InChI=1S/C28H34N8/c1-18-8-21-11-32-36(27(21)12-31-18)24-15-33(16-24)22-9-23-14-34(13-19(2)35(23)17-22)26-6-5-20(10-29)28-25(26)4-3-7-30-28/h3-7,11,18-19,22-24,31H,8-9,12-17H2,1-2H3/t18-,19-,22+,23+/m1/s1. The third-order valence-electron chi connectivity index (χ3n) is 9.01. The number of rotatable bonds is 3. The Morgan fingerprint density at radius 3 is 2.78 bits per heavy atom. The molecule has 3 aromatic rings. The lowest BCUT2D eigenvalue weighted by atomic mass is 10.00. The van der Waals surface area contributed by atoms with Crippen LogP contribution in [0.1, 0.15) is 43.1 Å². The van der Waals surface area contributed by atoms with Gasteiger partial charge in [-0.25, -0.2) is 0 Å². The van der Waals surface area contributed by atoms with Crippen molar-refractivity contribution in [3.8, 4) is 6.07 Å². The van der Waals surface area contributed by atoms with E-state index in [0.29, 0.717) is 35.8 Å². The van der Waals surface area contributed by atoms with Gasteiger partial charge in [0.05, 0.1) is 29.0 Å². The number of nitrogens with one attached hydrogen (secondary N) is 1. The number of pyridine rings is 1. The molecule has 8 heteroatoms. The Morgan fingerprint density at radius 1 is 1.03 bits per heavy atom. The van der Waals surface area contributed by atoms with E-state index in [4.69, 9.17) is 5.10 Å². The first-order chi connectivity index (χ1) is 17.6. The van der Waals surface area contributed by atoms with Gasteiger partial charge in [0.2, 0.25) is 0 Å². The van der Waals surface area contributed by atoms with Gasteiger partial charge >= 0.3 is 0 Å². The molecule has 7 rings (SSSR count). The van der Waals surface area contributed by atoms with Crippen LogP contribution in [0.25, 0.3) is 10.9 Å². The summed E-state index contributed by atoms with van der Waals surface area (Å²) in [5.41, 5.74) is 5.50. The van der Waals surface area contributed by atoms with Crippen molar-refractivity contribution in [2.45, 2.75) is 63.4 Å². The number of piperazine rings is 1. The van der Waals surface area contributed by atoms with Crippen LogP contribution < -0.4 is 10.2 Å². The Hall–Kier alpha value is -2.99. The molecule has 1 N–H and O–H groups in total. The van der Waals surface area contributed by atoms with E-state index in [1.54, 1.807) is 6.20 Å². The molecular formula is C28H34N8. The largest absolute Gasteiger partial charge is 0.368 e. The summed E-state index contributed by atoms with van der Waals surface area (Å²) in [6.07, 6.45) is 6.19. The van der Waals surface area contributed by atoms with E-state index in [-0.39, 0.29) is 0 Å². The van der Waals surface area contributed by atoms with Crippen LogP contribution in [-0.4, -0.2) is 81.5 Å². The highest BCUT2D eigenvalue weighted by atomic mass is 15.4. The minimum Gasteiger partial charge on any atom is -0.368 e. The molecular weight excluding hydrogens is 448 g/mol. The number of likely N-dealkylation sites (tertiary alicyclic amines) is 1. The number of aromatic nitrogens is 3. The van der Waals surface area contributed by atoms with Crippen LogP contribution in [0.5, 0.6) is 0 Å². The number of nitrogens with zero attached hydrogens (tertiary/aromatic N) is 7. The molecule has 0 bridgehead atoms. The molecule has 3 fully saturated rings. The van der Waals surface area contributed by atoms with Crippen molar-refractivity contribution in [3.05, 3.63) is 53.5 Å². The fourth-order valence-electron chi connectivity index (χ4n) is 7.09. The number of hydrogen-bond acceptors (Lipinski definition) is 7. The Kier molecular flexibility index (Phi) is 5.28. The molecule has 4 atom stereocenters. The lowest BCUT2D eigenvalue weighted by Gasteiger charge is -2.44. The van der Waals surface area contributed by atoms with Crippen LogP contribution in [0.3, 0.4) is 0 Å². The molecule has 0 unspecified atom stereocenters. The third kappa shape index (κ3) is 3.52. The summed E-state index contributed by atoms with van der Waals surface area (Å²) >= 11 is 0. The van der Waals surface area contributed by atoms with Crippen molar-refractivity contribution in [2.24, 2.45) is 0 Å². The fraction of sp³-hybridized carbons (Fsp3) is 0.536. The first kappa shape index (κ1) is 22.2. The molecule has 186 valence electrons. The van der Waals surface area contributed by atoms with Gasteiger partial charge in [-0.15, -0.1) is 0 Å². The molecule has 0 saturated carbocycles. The zero-order chi connectivity index (χ0) is 24.4. The molecule has 3 saturated heterocycles. The Bertz CT molecular complexity index is 1340. The lowest BCUT2D eigenvalue weighted by molar-refractivity contribution is 0.0519. The van der Waals surface area contributed by atoms with Crippen molar-refractivity contribution in [3.63, 3.8) is 0 Å². The summed E-state index contributed by atoms with van der Waals surface area (Å²) in [7, 11) is 0. The fourth-order valence-corrected chi connectivity index (χ4v) is 7.09. The number of hydrogen-bond donors (Lipinski definition) is 1. The monoisotopic (exact) mass is 482 g/mol. The molecule has 0 spiro atoms. The van der Waals surface area contributed by atoms with E-state index in [1.807, 2.05) is 12.1 Å². The molecule has 36 heavy (non-hydrogen) atoms. The number of fused-ring (bicyclic) bond motifs is 3. The molecule has 4 aliphatic heterocycles.